The summed E-state index contributed by atoms with van der Waals surface area (Å²) in [6, 6.07) is 10.4. The number of rotatable bonds is 4. The molecule has 8 heteroatoms. The van der Waals surface area contributed by atoms with Crippen LogP contribution in [0.4, 0.5) is 8.78 Å². The number of aromatic nitrogens is 1. The Labute approximate surface area is 145 Å². The molecule has 0 saturated heterocycles. The normalized spacial score (nSPS) is 12.0. The number of fused-ring (bicyclic) bond motifs is 1. The molecule has 126 valence electrons. The number of ether oxygens (including phenoxy) is 1. The van der Waals surface area contributed by atoms with Gasteiger partial charge in [-0.1, -0.05) is 15.9 Å². The van der Waals surface area contributed by atoms with Crippen LogP contribution < -0.4 is 4.74 Å². The number of methoxy groups -OCH3 is 1. The number of benzene rings is 2. The molecule has 0 amide bonds. The Morgan fingerprint density at radius 3 is 2.38 bits per heavy atom. The van der Waals surface area contributed by atoms with Gasteiger partial charge in [0, 0.05) is 16.1 Å². The molecule has 2 aromatic carbocycles. The average Bonchev–Trinajstić information content (AvgIpc) is 2.94. The van der Waals surface area contributed by atoms with E-state index in [4.69, 9.17) is 4.74 Å². The number of halogens is 3. The van der Waals surface area contributed by atoms with Crippen molar-refractivity contribution >= 4 is 36.7 Å². The molecule has 0 aliphatic heterocycles. The van der Waals surface area contributed by atoms with Gasteiger partial charge in [0.2, 0.25) is 9.84 Å². The Morgan fingerprint density at radius 1 is 1.12 bits per heavy atom. The molecular weight excluding hydrogens is 404 g/mol. The molecular formula is C16H12BrF2NO3S. The van der Waals surface area contributed by atoms with Crippen LogP contribution in [0.5, 0.6) is 5.75 Å². The molecule has 0 fully saturated rings. The van der Waals surface area contributed by atoms with Crippen molar-refractivity contribution in [1.29, 1.82) is 0 Å². The van der Waals surface area contributed by atoms with Crippen molar-refractivity contribution in [3.05, 3.63) is 53.1 Å². The molecule has 0 saturated carbocycles. The second-order valence-electron chi connectivity index (χ2n) is 5.02. The molecule has 0 radical (unpaired) electrons. The zero-order valence-electron chi connectivity index (χ0n) is 12.4. The van der Waals surface area contributed by atoms with Gasteiger partial charge < -0.3 is 4.74 Å². The van der Waals surface area contributed by atoms with E-state index < -0.39 is 16.4 Å². The van der Waals surface area contributed by atoms with Gasteiger partial charge in [-0.15, -0.1) is 0 Å². The lowest BCUT2D eigenvalue weighted by atomic mass is 10.2. The van der Waals surface area contributed by atoms with E-state index in [2.05, 4.69) is 15.9 Å². The van der Waals surface area contributed by atoms with E-state index in [1.165, 1.54) is 43.5 Å². The monoisotopic (exact) mass is 415 g/mol. The molecule has 0 unspecified atom stereocenters. The van der Waals surface area contributed by atoms with Gasteiger partial charge in [-0.3, -0.25) is 4.57 Å². The topological polar surface area (TPSA) is 48.3 Å². The van der Waals surface area contributed by atoms with Crippen LogP contribution in [0.2, 0.25) is 0 Å². The van der Waals surface area contributed by atoms with Crippen LogP contribution >= 0.6 is 15.9 Å². The van der Waals surface area contributed by atoms with Crippen molar-refractivity contribution in [2.24, 2.45) is 0 Å². The molecule has 3 rings (SSSR count). The van der Waals surface area contributed by atoms with E-state index in [0.717, 1.165) is 6.20 Å². The predicted molar refractivity (Wildman–Crippen MR) is 89.3 cm³/mol. The number of nitrogens with zero attached hydrogens (tertiary/aromatic N) is 1. The summed E-state index contributed by atoms with van der Waals surface area (Å²) in [7, 11) is -2.48. The van der Waals surface area contributed by atoms with Crippen LogP contribution in [0.25, 0.3) is 10.9 Å². The predicted octanol–water partition coefficient (Wildman–Crippen LogP) is 4.64. The minimum absolute atomic E-state index is 0.0107. The number of alkyl halides is 2. The fourth-order valence-electron chi connectivity index (χ4n) is 2.45. The molecule has 24 heavy (non-hydrogen) atoms. The van der Waals surface area contributed by atoms with Crippen molar-refractivity contribution in [1.82, 2.24) is 4.57 Å². The molecule has 0 bridgehead atoms. The number of hydrogen-bond acceptors (Lipinski definition) is 3. The van der Waals surface area contributed by atoms with Crippen molar-refractivity contribution < 1.29 is 21.9 Å². The highest BCUT2D eigenvalue weighted by Crippen LogP contribution is 2.34. The number of sulfone groups is 1. The van der Waals surface area contributed by atoms with Crippen LogP contribution in [0, 0.1) is 0 Å². The first kappa shape index (κ1) is 16.9. The zero-order chi connectivity index (χ0) is 17.5. The zero-order valence-corrected chi connectivity index (χ0v) is 14.8. The summed E-state index contributed by atoms with van der Waals surface area (Å²) in [5.74, 6) is 0.506. The Balaban J connectivity index is 2.25. The summed E-state index contributed by atoms with van der Waals surface area (Å²) in [4.78, 5) is -0.152. The maximum atomic E-state index is 13.2. The van der Waals surface area contributed by atoms with Crippen LogP contribution in [-0.2, 0) is 9.84 Å². The first-order chi connectivity index (χ1) is 11.3. The molecule has 0 atom stereocenters. The Morgan fingerprint density at radius 2 is 1.79 bits per heavy atom. The lowest BCUT2D eigenvalue weighted by molar-refractivity contribution is 0.0748. The molecule has 0 aliphatic carbocycles. The molecule has 0 aliphatic rings. The SMILES string of the molecule is COc1ccc(S(=O)(=O)c2cn(C(F)F)c3ccc(Br)cc23)cc1. The van der Waals surface area contributed by atoms with Gasteiger partial charge in [0.15, 0.2) is 0 Å². The van der Waals surface area contributed by atoms with E-state index in [0.29, 0.717) is 14.8 Å². The summed E-state index contributed by atoms with van der Waals surface area (Å²) in [6.07, 6.45) is 0.974. The van der Waals surface area contributed by atoms with E-state index in [1.807, 2.05) is 0 Å². The second kappa shape index (κ2) is 6.18. The molecule has 4 nitrogen and oxygen atoms in total. The van der Waals surface area contributed by atoms with E-state index in [9.17, 15) is 17.2 Å². The molecule has 0 N–H and O–H groups in total. The maximum absolute atomic E-state index is 13.2. The van der Waals surface area contributed by atoms with E-state index >= 15 is 0 Å². The van der Waals surface area contributed by atoms with E-state index in [-0.39, 0.29) is 20.7 Å². The van der Waals surface area contributed by atoms with Gasteiger partial charge in [-0.05, 0) is 42.5 Å². The third kappa shape index (κ3) is 2.80. The lowest BCUT2D eigenvalue weighted by Crippen LogP contribution is -2.02. The molecule has 0 spiro atoms. The summed E-state index contributed by atoms with van der Waals surface area (Å²) in [5, 5.41) is 0.237. The van der Waals surface area contributed by atoms with Gasteiger partial charge in [-0.2, -0.15) is 8.78 Å². The third-order valence-corrected chi connectivity index (χ3v) is 5.92. The Hall–Kier alpha value is -1.93. The van der Waals surface area contributed by atoms with Crippen LogP contribution in [0.15, 0.2) is 62.9 Å². The van der Waals surface area contributed by atoms with Crippen molar-refractivity contribution in [2.45, 2.75) is 16.3 Å². The standard InChI is InChI=1S/C16H12BrF2NO3S/c1-23-11-3-5-12(6-4-11)24(21,22)15-9-20(16(18)19)14-7-2-10(17)8-13(14)15/h2-9,16H,1H3. The fraction of sp³-hybridized carbons (Fsp3) is 0.125. The molecule has 1 heterocycles. The summed E-state index contributed by atoms with van der Waals surface area (Å²) >= 11 is 3.25. The average molecular weight is 416 g/mol. The first-order valence-electron chi connectivity index (χ1n) is 6.82. The summed E-state index contributed by atoms with van der Waals surface area (Å²) in [5.41, 5.74) is 0.153. The lowest BCUT2D eigenvalue weighted by Gasteiger charge is -2.05. The van der Waals surface area contributed by atoms with E-state index in [1.54, 1.807) is 6.07 Å². The highest BCUT2D eigenvalue weighted by molar-refractivity contribution is 9.10. The minimum Gasteiger partial charge on any atom is -0.497 e. The molecule has 1 aromatic heterocycles. The minimum atomic E-state index is -3.95. The summed E-state index contributed by atoms with van der Waals surface area (Å²) < 4.78 is 58.5. The van der Waals surface area contributed by atoms with Crippen LogP contribution in [-0.4, -0.2) is 20.1 Å². The third-order valence-electron chi connectivity index (χ3n) is 3.63. The molecule has 3 aromatic rings. The smallest absolute Gasteiger partial charge is 0.319 e. The van der Waals surface area contributed by atoms with Crippen LogP contribution in [0.1, 0.15) is 6.55 Å². The number of hydrogen-bond donors (Lipinski definition) is 0. The van der Waals surface area contributed by atoms with Gasteiger partial charge in [0.1, 0.15) is 5.75 Å². The highest BCUT2D eigenvalue weighted by Gasteiger charge is 2.25. The summed E-state index contributed by atoms with van der Waals surface area (Å²) in [6.45, 7) is -2.84. The van der Waals surface area contributed by atoms with Gasteiger partial charge in [0.25, 0.3) is 0 Å². The Bertz CT molecular complexity index is 998. The largest absolute Gasteiger partial charge is 0.497 e. The maximum Gasteiger partial charge on any atom is 0.319 e. The first-order valence-corrected chi connectivity index (χ1v) is 9.09. The quantitative estimate of drug-likeness (QED) is 0.623. The Kier molecular flexibility index (Phi) is 4.35. The van der Waals surface area contributed by atoms with Gasteiger partial charge in [-0.25, -0.2) is 8.42 Å². The van der Waals surface area contributed by atoms with Gasteiger partial charge in [0.05, 0.1) is 22.4 Å². The van der Waals surface area contributed by atoms with Gasteiger partial charge >= 0.3 is 6.55 Å². The second-order valence-corrected chi connectivity index (χ2v) is 7.85. The fourth-order valence-corrected chi connectivity index (χ4v) is 4.27. The highest BCUT2D eigenvalue weighted by atomic mass is 79.9. The van der Waals surface area contributed by atoms with Crippen molar-refractivity contribution in [2.75, 3.05) is 7.11 Å². The van der Waals surface area contributed by atoms with Crippen molar-refractivity contribution in [3.8, 4) is 5.75 Å². The van der Waals surface area contributed by atoms with Crippen molar-refractivity contribution in [3.63, 3.8) is 0 Å². The van der Waals surface area contributed by atoms with Crippen LogP contribution in [0.3, 0.4) is 0 Å².